The minimum atomic E-state index is -2.47. The predicted octanol–water partition coefficient (Wildman–Crippen LogP) is 4.72. The van der Waals surface area contributed by atoms with Gasteiger partial charge in [-0.05, 0) is 73.1 Å². The van der Waals surface area contributed by atoms with Crippen molar-refractivity contribution in [3.8, 4) is 0 Å². The van der Waals surface area contributed by atoms with E-state index < -0.39 is 17.4 Å². The van der Waals surface area contributed by atoms with Crippen molar-refractivity contribution in [1.82, 2.24) is 5.32 Å². The van der Waals surface area contributed by atoms with E-state index in [2.05, 4.69) is 25.7 Å². The van der Waals surface area contributed by atoms with Gasteiger partial charge in [0.15, 0.2) is 0 Å². The van der Waals surface area contributed by atoms with Crippen molar-refractivity contribution in [3.05, 3.63) is 0 Å². The zero-order valence-corrected chi connectivity index (χ0v) is 21.4. The van der Waals surface area contributed by atoms with Crippen molar-refractivity contribution >= 4 is 17.4 Å². The lowest BCUT2D eigenvalue weighted by Crippen LogP contribution is -2.46. The molecule has 0 unspecified atom stereocenters. The maximum absolute atomic E-state index is 5.90. The van der Waals surface area contributed by atoms with Crippen LogP contribution in [0.15, 0.2) is 0 Å². The zero-order chi connectivity index (χ0) is 21.1. The van der Waals surface area contributed by atoms with E-state index in [4.69, 9.17) is 22.1 Å². The van der Waals surface area contributed by atoms with E-state index in [0.717, 1.165) is 44.8 Å². The molecule has 0 radical (unpaired) electrons. The van der Waals surface area contributed by atoms with Crippen LogP contribution in [-0.4, -0.2) is 63.5 Å². The smallest absolute Gasteiger partial charge is 0.395 e. The molecule has 0 bridgehead atoms. The largest absolute Gasteiger partial charge is 0.500 e. The summed E-state index contributed by atoms with van der Waals surface area (Å²) in [5, 5.41) is 3.55. The molecule has 0 aromatic carbocycles. The molecule has 6 nitrogen and oxygen atoms in total. The molecule has 0 spiro atoms. The second kappa shape index (κ2) is 18.0. The van der Waals surface area contributed by atoms with Gasteiger partial charge in [-0.25, -0.2) is 0 Å². The summed E-state index contributed by atoms with van der Waals surface area (Å²) in [6, 6.07) is 1.98. The first-order valence-electron chi connectivity index (χ1n) is 11.4. The Morgan fingerprint density at radius 3 is 1.50 bits per heavy atom. The lowest BCUT2D eigenvalue weighted by Gasteiger charge is -2.28. The third-order valence-corrected chi connectivity index (χ3v) is 10.8. The van der Waals surface area contributed by atoms with Gasteiger partial charge in [-0.3, -0.25) is 0 Å². The van der Waals surface area contributed by atoms with E-state index in [1.807, 2.05) is 20.8 Å². The molecule has 1 N–H and O–H groups in total. The second-order valence-corrected chi connectivity index (χ2v) is 13.1. The molecule has 0 aliphatic heterocycles. The van der Waals surface area contributed by atoms with Crippen LogP contribution in [0.1, 0.15) is 66.7 Å². The zero-order valence-electron chi connectivity index (χ0n) is 19.4. The summed E-state index contributed by atoms with van der Waals surface area (Å²) in [5.74, 6) is 0. The van der Waals surface area contributed by atoms with Crippen molar-refractivity contribution in [2.45, 2.75) is 85.4 Å². The Morgan fingerprint density at radius 1 is 0.536 bits per heavy atom. The fraction of sp³-hybridized carbons (Fsp3) is 1.00. The highest BCUT2D eigenvalue weighted by Gasteiger charge is 2.39. The molecule has 0 aromatic rings. The Bertz CT molecular complexity index is 328. The van der Waals surface area contributed by atoms with Crippen molar-refractivity contribution in [2.75, 3.05) is 46.1 Å². The van der Waals surface area contributed by atoms with Crippen LogP contribution in [0.5, 0.6) is 0 Å². The lowest BCUT2D eigenvalue weighted by atomic mass is 10.2. The summed E-state index contributed by atoms with van der Waals surface area (Å²) in [5.41, 5.74) is 0. The average Bonchev–Trinajstić information content (AvgIpc) is 2.64. The molecule has 170 valence electrons. The summed E-state index contributed by atoms with van der Waals surface area (Å²) in [6.45, 7) is 17.8. The number of hydrogen-bond donors (Lipinski definition) is 1. The van der Waals surface area contributed by atoms with Crippen molar-refractivity contribution < 1.29 is 22.1 Å². The average molecular weight is 438 g/mol. The first-order chi connectivity index (χ1) is 13.5. The van der Waals surface area contributed by atoms with Gasteiger partial charge in [0.1, 0.15) is 0 Å². The summed E-state index contributed by atoms with van der Waals surface area (Å²) in [4.78, 5) is 0. The maximum atomic E-state index is 5.90. The fourth-order valence-corrected chi connectivity index (χ4v) is 8.50. The molecular weight excluding hydrogens is 390 g/mol. The Balaban J connectivity index is 3.82. The molecule has 0 aliphatic rings. The maximum Gasteiger partial charge on any atom is 0.500 e. The quantitative estimate of drug-likeness (QED) is 0.207. The molecule has 0 amide bonds. The lowest BCUT2D eigenvalue weighted by molar-refractivity contribution is 0.0708. The Kier molecular flexibility index (Phi) is 18.1. The number of rotatable bonds is 21. The molecule has 0 saturated heterocycles. The minimum Gasteiger partial charge on any atom is -0.395 e. The van der Waals surface area contributed by atoms with Gasteiger partial charge in [0.05, 0.1) is 0 Å². The topological polar surface area (TPSA) is 58.2 Å². The molecule has 0 fully saturated rings. The van der Waals surface area contributed by atoms with Gasteiger partial charge in [0, 0.05) is 39.1 Å². The second-order valence-electron chi connectivity index (χ2n) is 7.00. The Hall–Kier alpha value is 0.194. The van der Waals surface area contributed by atoms with Crippen LogP contribution < -0.4 is 5.32 Å². The molecule has 0 aromatic heterocycles. The Labute approximate surface area is 176 Å². The SMILES string of the molecule is CCO[Si](C)(CCCCCCNCCC[Si](OCC)(OCC)OCC)OCC. The normalized spacial score (nSPS) is 12.6. The molecule has 0 atom stereocenters. The highest BCUT2D eigenvalue weighted by atomic mass is 28.4. The van der Waals surface area contributed by atoms with Crippen molar-refractivity contribution in [2.24, 2.45) is 0 Å². The Morgan fingerprint density at radius 2 is 1.00 bits per heavy atom. The van der Waals surface area contributed by atoms with E-state index >= 15 is 0 Å². The van der Waals surface area contributed by atoms with Crippen LogP contribution in [0.4, 0.5) is 0 Å². The van der Waals surface area contributed by atoms with E-state index in [1.54, 1.807) is 0 Å². The van der Waals surface area contributed by atoms with Crippen LogP contribution >= 0.6 is 0 Å². The molecule has 0 heterocycles. The van der Waals surface area contributed by atoms with Gasteiger partial charge in [0.2, 0.25) is 0 Å². The van der Waals surface area contributed by atoms with Gasteiger partial charge < -0.3 is 27.4 Å². The molecule has 0 aliphatic carbocycles. The highest BCUT2D eigenvalue weighted by Crippen LogP contribution is 2.19. The predicted molar refractivity (Wildman–Crippen MR) is 121 cm³/mol. The fourth-order valence-electron chi connectivity index (χ4n) is 3.40. The van der Waals surface area contributed by atoms with Gasteiger partial charge in [-0.1, -0.05) is 19.3 Å². The highest BCUT2D eigenvalue weighted by molar-refractivity contribution is 6.66. The van der Waals surface area contributed by atoms with Crippen molar-refractivity contribution in [3.63, 3.8) is 0 Å². The monoisotopic (exact) mass is 437 g/mol. The van der Waals surface area contributed by atoms with E-state index in [-0.39, 0.29) is 0 Å². The first-order valence-corrected chi connectivity index (χ1v) is 15.9. The third-order valence-electron chi connectivity index (χ3n) is 4.56. The molecule has 0 saturated carbocycles. The summed E-state index contributed by atoms with van der Waals surface area (Å²) in [6.07, 6.45) is 5.95. The van der Waals surface area contributed by atoms with Crippen LogP contribution in [0.3, 0.4) is 0 Å². The first kappa shape index (κ1) is 28.2. The number of hydrogen-bond acceptors (Lipinski definition) is 6. The summed E-state index contributed by atoms with van der Waals surface area (Å²) >= 11 is 0. The van der Waals surface area contributed by atoms with Crippen LogP contribution in [0.25, 0.3) is 0 Å². The summed E-state index contributed by atoms with van der Waals surface area (Å²) in [7, 11) is -4.39. The van der Waals surface area contributed by atoms with Gasteiger partial charge >= 0.3 is 17.4 Å². The number of nitrogens with one attached hydrogen (secondary N) is 1. The number of unbranched alkanes of at least 4 members (excludes halogenated alkanes) is 3. The van der Waals surface area contributed by atoms with E-state index in [0.29, 0.717) is 19.8 Å². The van der Waals surface area contributed by atoms with Crippen LogP contribution in [0, 0.1) is 0 Å². The van der Waals surface area contributed by atoms with Gasteiger partial charge in [0.25, 0.3) is 0 Å². The standard InChI is InChI=1S/C20H47NO5Si2/c1-7-22-27(6,23-8-2)19-15-13-12-14-17-21-18-16-20-28(24-9-3,25-10-4)26-11-5/h21H,7-20H2,1-6H3. The molecule has 28 heavy (non-hydrogen) atoms. The molecule has 8 heteroatoms. The van der Waals surface area contributed by atoms with E-state index in [9.17, 15) is 0 Å². The van der Waals surface area contributed by atoms with Gasteiger partial charge in [-0.15, -0.1) is 0 Å². The van der Waals surface area contributed by atoms with Crippen LogP contribution in [0.2, 0.25) is 18.6 Å². The summed E-state index contributed by atoms with van der Waals surface area (Å²) < 4.78 is 29.5. The van der Waals surface area contributed by atoms with Crippen LogP contribution in [-0.2, 0) is 22.1 Å². The van der Waals surface area contributed by atoms with Gasteiger partial charge in [-0.2, -0.15) is 0 Å². The van der Waals surface area contributed by atoms with E-state index in [1.165, 1.54) is 25.7 Å². The van der Waals surface area contributed by atoms with Crippen molar-refractivity contribution in [1.29, 1.82) is 0 Å². The molecule has 0 rings (SSSR count). The molecular formula is C20H47NO5Si2. The minimum absolute atomic E-state index is 0.647. The third kappa shape index (κ3) is 13.4.